The lowest BCUT2D eigenvalue weighted by Crippen LogP contribution is -2.27. The van der Waals surface area contributed by atoms with Gasteiger partial charge in [-0.05, 0) is 12.0 Å². The van der Waals surface area contributed by atoms with Gasteiger partial charge in [0.05, 0.1) is 6.20 Å². The van der Waals surface area contributed by atoms with E-state index in [9.17, 15) is 9.59 Å². The standard InChI is InChI=1S/C8H10N2O3/c1-3-5-4-9-10(2)7(11)6(5)8(12)13/h4H,3H2,1-2H3,(H,12,13). The molecule has 0 fully saturated rings. The molecule has 0 aliphatic rings. The first-order valence-electron chi connectivity index (χ1n) is 3.86. The second kappa shape index (κ2) is 3.38. The summed E-state index contributed by atoms with van der Waals surface area (Å²) in [5, 5.41) is 12.5. The van der Waals surface area contributed by atoms with E-state index in [-0.39, 0.29) is 5.56 Å². The summed E-state index contributed by atoms with van der Waals surface area (Å²) in [5.41, 5.74) is -0.276. The largest absolute Gasteiger partial charge is 0.477 e. The number of aromatic carboxylic acids is 1. The van der Waals surface area contributed by atoms with E-state index in [1.165, 1.54) is 13.2 Å². The maximum atomic E-state index is 11.3. The van der Waals surface area contributed by atoms with Crippen LogP contribution in [0.25, 0.3) is 0 Å². The SMILES string of the molecule is CCc1cnn(C)c(=O)c1C(=O)O. The number of carboxylic acid groups (broad SMARTS) is 1. The van der Waals surface area contributed by atoms with Gasteiger partial charge in [-0.1, -0.05) is 6.92 Å². The topological polar surface area (TPSA) is 72.2 Å². The molecule has 0 saturated heterocycles. The molecule has 0 unspecified atom stereocenters. The van der Waals surface area contributed by atoms with Crippen molar-refractivity contribution in [2.75, 3.05) is 0 Å². The monoisotopic (exact) mass is 182 g/mol. The van der Waals surface area contributed by atoms with Crippen molar-refractivity contribution < 1.29 is 9.90 Å². The number of nitrogens with zero attached hydrogens (tertiary/aromatic N) is 2. The van der Waals surface area contributed by atoms with Crippen LogP contribution in [-0.4, -0.2) is 20.9 Å². The molecule has 0 radical (unpaired) electrons. The molecule has 0 spiro atoms. The zero-order chi connectivity index (χ0) is 10.0. The van der Waals surface area contributed by atoms with Crippen LogP contribution in [-0.2, 0) is 13.5 Å². The predicted molar refractivity (Wildman–Crippen MR) is 45.8 cm³/mol. The summed E-state index contributed by atoms with van der Waals surface area (Å²) in [4.78, 5) is 22.0. The fourth-order valence-corrected chi connectivity index (χ4v) is 1.07. The number of hydrogen-bond donors (Lipinski definition) is 1. The van der Waals surface area contributed by atoms with E-state index in [2.05, 4.69) is 5.10 Å². The number of carbonyl (C=O) groups is 1. The molecule has 1 N–H and O–H groups in total. The highest BCUT2D eigenvalue weighted by Crippen LogP contribution is 2.02. The van der Waals surface area contributed by atoms with Crippen LogP contribution in [0.3, 0.4) is 0 Å². The van der Waals surface area contributed by atoms with Gasteiger partial charge in [0.25, 0.3) is 5.56 Å². The van der Waals surface area contributed by atoms with Crippen LogP contribution in [0, 0.1) is 0 Å². The van der Waals surface area contributed by atoms with Crippen LogP contribution in [0.1, 0.15) is 22.8 Å². The number of aromatic nitrogens is 2. The Kier molecular flexibility index (Phi) is 2.46. The molecule has 0 bridgehead atoms. The third-order valence-corrected chi connectivity index (χ3v) is 1.81. The Balaban J connectivity index is 3.51. The Hall–Kier alpha value is -1.65. The second-order valence-electron chi connectivity index (χ2n) is 2.63. The fraction of sp³-hybridized carbons (Fsp3) is 0.375. The second-order valence-corrected chi connectivity index (χ2v) is 2.63. The maximum Gasteiger partial charge on any atom is 0.341 e. The van der Waals surface area contributed by atoms with Gasteiger partial charge in [0.1, 0.15) is 5.56 Å². The lowest BCUT2D eigenvalue weighted by atomic mass is 10.1. The molecule has 0 aliphatic carbocycles. The first-order chi connectivity index (χ1) is 6.07. The van der Waals surface area contributed by atoms with Crippen molar-refractivity contribution in [3.63, 3.8) is 0 Å². The molecular weight excluding hydrogens is 172 g/mol. The minimum atomic E-state index is -1.19. The third-order valence-electron chi connectivity index (χ3n) is 1.81. The summed E-state index contributed by atoms with van der Waals surface area (Å²) in [6.07, 6.45) is 1.90. The number of carboxylic acids is 1. The van der Waals surface area contributed by atoms with Crippen LogP contribution < -0.4 is 5.56 Å². The summed E-state index contributed by atoms with van der Waals surface area (Å²) in [5.74, 6) is -1.19. The fourth-order valence-electron chi connectivity index (χ4n) is 1.07. The average Bonchev–Trinajstić information content (AvgIpc) is 2.08. The van der Waals surface area contributed by atoms with Crippen LogP contribution in [0.5, 0.6) is 0 Å². The van der Waals surface area contributed by atoms with E-state index in [4.69, 9.17) is 5.11 Å². The van der Waals surface area contributed by atoms with Crippen molar-refractivity contribution in [2.24, 2.45) is 7.05 Å². The van der Waals surface area contributed by atoms with Gasteiger partial charge >= 0.3 is 5.97 Å². The van der Waals surface area contributed by atoms with E-state index >= 15 is 0 Å². The molecule has 0 amide bonds. The molecule has 0 aromatic carbocycles. The van der Waals surface area contributed by atoms with Crippen molar-refractivity contribution in [1.29, 1.82) is 0 Å². The molecule has 5 heteroatoms. The van der Waals surface area contributed by atoms with Gasteiger partial charge in [0, 0.05) is 7.05 Å². The lowest BCUT2D eigenvalue weighted by molar-refractivity contribution is 0.0692. The summed E-state index contributed by atoms with van der Waals surface area (Å²) in [6, 6.07) is 0. The lowest BCUT2D eigenvalue weighted by Gasteiger charge is -2.03. The minimum Gasteiger partial charge on any atom is -0.477 e. The quantitative estimate of drug-likeness (QED) is 0.701. The van der Waals surface area contributed by atoms with Crippen molar-refractivity contribution in [3.05, 3.63) is 27.7 Å². The minimum absolute atomic E-state index is 0.181. The van der Waals surface area contributed by atoms with Gasteiger partial charge in [0.15, 0.2) is 0 Å². The number of rotatable bonds is 2. The molecule has 0 atom stereocenters. The Bertz CT molecular complexity index is 395. The molecule has 1 heterocycles. The molecule has 1 rings (SSSR count). The normalized spacial score (nSPS) is 10.0. The Labute approximate surface area is 74.6 Å². The van der Waals surface area contributed by atoms with E-state index in [1.807, 2.05) is 0 Å². The van der Waals surface area contributed by atoms with Crippen molar-refractivity contribution in [1.82, 2.24) is 9.78 Å². The summed E-state index contributed by atoms with van der Waals surface area (Å²) in [6.45, 7) is 1.78. The van der Waals surface area contributed by atoms with E-state index in [1.54, 1.807) is 6.92 Å². The zero-order valence-electron chi connectivity index (χ0n) is 7.44. The van der Waals surface area contributed by atoms with Crippen LogP contribution in [0.2, 0.25) is 0 Å². The highest BCUT2D eigenvalue weighted by atomic mass is 16.4. The van der Waals surface area contributed by atoms with E-state index in [0.717, 1.165) is 4.68 Å². The highest BCUT2D eigenvalue weighted by molar-refractivity contribution is 5.88. The van der Waals surface area contributed by atoms with Crippen molar-refractivity contribution in [3.8, 4) is 0 Å². The molecule has 70 valence electrons. The summed E-state index contributed by atoms with van der Waals surface area (Å²) in [7, 11) is 1.42. The van der Waals surface area contributed by atoms with Gasteiger partial charge in [-0.15, -0.1) is 0 Å². The van der Waals surface area contributed by atoms with Crippen LogP contribution >= 0.6 is 0 Å². The first-order valence-corrected chi connectivity index (χ1v) is 3.86. The molecule has 1 aromatic heterocycles. The van der Waals surface area contributed by atoms with E-state index < -0.39 is 11.5 Å². The predicted octanol–water partition coefficient (Wildman–Crippen LogP) is 0.0409. The maximum absolute atomic E-state index is 11.3. The number of hydrogen-bond acceptors (Lipinski definition) is 3. The van der Waals surface area contributed by atoms with Crippen LogP contribution in [0.4, 0.5) is 0 Å². The molecule has 13 heavy (non-hydrogen) atoms. The Morgan fingerprint density at radius 3 is 2.77 bits per heavy atom. The average molecular weight is 182 g/mol. The zero-order valence-corrected chi connectivity index (χ0v) is 7.44. The number of aryl methyl sites for hydroxylation is 2. The summed E-state index contributed by atoms with van der Waals surface area (Å²) >= 11 is 0. The highest BCUT2D eigenvalue weighted by Gasteiger charge is 2.14. The van der Waals surface area contributed by atoms with Gasteiger partial charge in [0.2, 0.25) is 0 Å². The molecule has 0 aliphatic heterocycles. The Morgan fingerprint density at radius 1 is 1.69 bits per heavy atom. The summed E-state index contributed by atoms with van der Waals surface area (Å²) < 4.78 is 1.02. The molecule has 1 aromatic rings. The third kappa shape index (κ3) is 1.58. The molecule has 5 nitrogen and oxygen atoms in total. The van der Waals surface area contributed by atoms with Gasteiger partial charge in [-0.25, -0.2) is 9.48 Å². The Morgan fingerprint density at radius 2 is 2.31 bits per heavy atom. The van der Waals surface area contributed by atoms with Crippen molar-refractivity contribution >= 4 is 5.97 Å². The molecule has 0 saturated carbocycles. The smallest absolute Gasteiger partial charge is 0.341 e. The van der Waals surface area contributed by atoms with Crippen molar-refractivity contribution in [2.45, 2.75) is 13.3 Å². The van der Waals surface area contributed by atoms with E-state index in [0.29, 0.717) is 12.0 Å². The van der Waals surface area contributed by atoms with Gasteiger partial charge in [-0.2, -0.15) is 5.10 Å². The van der Waals surface area contributed by atoms with Crippen LogP contribution in [0.15, 0.2) is 11.0 Å². The van der Waals surface area contributed by atoms with Gasteiger partial charge in [-0.3, -0.25) is 4.79 Å². The first kappa shape index (κ1) is 9.44. The van der Waals surface area contributed by atoms with Gasteiger partial charge < -0.3 is 5.11 Å². The molecular formula is C8H10N2O3.